The van der Waals surface area contributed by atoms with Gasteiger partial charge in [0.05, 0.1) is 6.10 Å². The van der Waals surface area contributed by atoms with E-state index in [0.717, 1.165) is 12.8 Å². The van der Waals surface area contributed by atoms with Gasteiger partial charge in [0, 0.05) is 25.6 Å². The molecular formula is C13H22N2O4. The SMILES string of the molecule is CC(C)N(CC1CC1)C(=O)N1C[C@H](O)C[C@H]1C(=O)O. The Labute approximate surface area is 113 Å². The van der Waals surface area contributed by atoms with E-state index in [4.69, 9.17) is 5.11 Å². The first kappa shape index (κ1) is 14.1. The summed E-state index contributed by atoms with van der Waals surface area (Å²) in [4.78, 5) is 26.7. The Hall–Kier alpha value is -1.30. The van der Waals surface area contributed by atoms with Gasteiger partial charge in [0.25, 0.3) is 0 Å². The average molecular weight is 270 g/mol. The highest BCUT2D eigenvalue weighted by molar-refractivity contribution is 5.83. The molecule has 2 fully saturated rings. The van der Waals surface area contributed by atoms with Gasteiger partial charge < -0.3 is 20.0 Å². The van der Waals surface area contributed by atoms with Crippen molar-refractivity contribution in [3.8, 4) is 0 Å². The first-order chi connectivity index (χ1) is 8.90. The minimum atomic E-state index is -1.04. The fourth-order valence-electron chi connectivity index (χ4n) is 2.51. The smallest absolute Gasteiger partial charge is 0.326 e. The van der Waals surface area contributed by atoms with Crippen LogP contribution in [0.1, 0.15) is 33.1 Å². The third-order valence-corrected chi connectivity index (χ3v) is 3.83. The van der Waals surface area contributed by atoms with Gasteiger partial charge in [0.15, 0.2) is 0 Å². The molecule has 2 rings (SSSR count). The lowest BCUT2D eigenvalue weighted by molar-refractivity contribution is -0.141. The molecule has 0 unspecified atom stereocenters. The maximum absolute atomic E-state index is 12.5. The van der Waals surface area contributed by atoms with Crippen LogP contribution in [-0.4, -0.2) is 63.3 Å². The van der Waals surface area contributed by atoms with Crippen LogP contribution in [0.3, 0.4) is 0 Å². The molecule has 2 amide bonds. The first-order valence-corrected chi connectivity index (χ1v) is 6.88. The molecule has 0 bridgehead atoms. The summed E-state index contributed by atoms with van der Waals surface area (Å²) < 4.78 is 0. The quantitative estimate of drug-likeness (QED) is 0.789. The third kappa shape index (κ3) is 3.18. The summed E-state index contributed by atoms with van der Waals surface area (Å²) in [5.74, 6) is -0.484. The zero-order chi connectivity index (χ0) is 14.2. The number of hydrogen-bond donors (Lipinski definition) is 2. The number of likely N-dealkylation sites (tertiary alicyclic amines) is 1. The van der Waals surface area contributed by atoms with Crippen LogP contribution < -0.4 is 0 Å². The van der Waals surface area contributed by atoms with Crippen molar-refractivity contribution in [3.05, 3.63) is 0 Å². The largest absolute Gasteiger partial charge is 0.480 e. The van der Waals surface area contributed by atoms with Gasteiger partial charge in [-0.3, -0.25) is 0 Å². The summed E-state index contributed by atoms with van der Waals surface area (Å²) in [6.45, 7) is 4.67. The Morgan fingerprint density at radius 3 is 2.47 bits per heavy atom. The average Bonchev–Trinajstić information content (AvgIpc) is 3.05. The molecule has 1 saturated heterocycles. The number of β-amino-alcohol motifs (C(OH)–C–C–N with tert-alkyl or cyclic N) is 1. The van der Waals surface area contributed by atoms with Gasteiger partial charge in [-0.05, 0) is 32.6 Å². The summed E-state index contributed by atoms with van der Waals surface area (Å²) in [7, 11) is 0. The van der Waals surface area contributed by atoms with E-state index in [0.29, 0.717) is 12.5 Å². The summed E-state index contributed by atoms with van der Waals surface area (Å²) in [5.41, 5.74) is 0. The Balaban J connectivity index is 2.08. The standard InChI is InChI=1S/C13H22N2O4/c1-8(2)14(6-9-3-4-9)13(19)15-7-10(16)5-11(15)12(17)18/h8-11,16H,3-7H2,1-2H3,(H,17,18)/t10-,11+/m1/s1. The van der Waals surface area contributed by atoms with Crippen molar-refractivity contribution >= 4 is 12.0 Å². The van der Waals surface area contributed by atoms with Crippen molar-refractivity contribution in [2.75, 3.05) is 13.1 Å². The maximum Gasteiger partial charge on any atom is 0.326 e. The highest BCUT2D eigenvalue weighted by atomic mass is 16.4. The monoisotopic (exact) mass is 270 g/mol. The Morgan fingerprint density at radius 1 is 1.37 bits per heavy atom. The number of carbonyl (C=O) groups excluding carboxylic acids is 1. The number of hydrogen-bond acceptors (Lipinski definition) is 3. The van der Waals surface area contributed by atoms with Crippen LogP contribution in [0.25, 0.3) is 0 Å². The lowest BCUT2D eigenvalue weighted by Crippen LogP contribution is -2.51. The molecule has 19 heavy (non-hydrogen) atoms. The van der Waals surface area contributed by atoms with Crippen LogP contribution >= 0.6 is 0 Å². The topological polar surface area (TPSA) is 81.1 Å². The van der Waals surface area contributed by atoms with Gasteiger partial charge in [-0.2, -0.15) is 0 Å². The van der Waals surface area contributed by atoms with Crippen molar-refractivity contribution in [3.63, 3.8) is 0 Å². The summed E-state index contributed by atoms with van der Waals surface area (Å²) >= 11 is 0. The fraction of sp³-hybridized carbons (Fsp3) is 0.846. The van der Waals surface area contributed by atoms with E-state index >= 15 is 0 Å². The molecule has 0 aromatic heterocycles. The second-order valence-electron chi connectivity index (χ2n) is 5.87. The second-order valence-corrected chi connectivity index (χ2v) is 5.87. The minimum Gasteiger partial charge on any atom is -0.480 e. The number of aliphatic hydroxyl groups excluding tert-OH is 1. The zero-order valence-corrected chi connectivity index (χ0v) is 11.5. The van der Waals surface area contributed by atoms with Gasteiger partial charge in [-0.1, -0.05) is 0 Å². The molecule has 0 radical (unpaired) electrons. The van der Waals surface area contributed by atoms with Crippen LogP contribution in [0.15, 0.2) is 0 Å². The van der Waals surface area contributed by atoms with Crippen LogP contribution in [-0.2, 0) is 4.79 Å². The summed E-state index contributed by atoms with van der Waals surface area (Å²) in [6, 6.07) is -1.12. The Kier molecular flexibility index (Phi) is 3.99. The van der Waals surface area contributed by atoms with Crippen LogP contribution in [0.5, 0.6) is 0 Å². The fourth-order valence-corrected chi connectivity index (χ4v) is 2.51. The molecule has 0 spiro atoms. The maximum atomic E-state index is 12.5. The van der Waals surface area contributed by atoms with Crippen LogP contribution in [0.2, 0.25) is 0 Å². The van der Waals surface area contributed by atoms with Gasteiger partial charge in [0.1, 0.15) is 6.04 Å². The summed E-state index contributed by atoms with van der Waals surface area (Å²) in [6.07, 6.45) is 1.67. The van der Waals surface area contributed by atoms with Crippen molar-refractivity contribution in [1.29, 1.82) is 0 Å². The number of amides is 2. The Bertz CT molecular complexity index is 368. The number of carboxylic acid groups (broad SMARTS) is 1. The molecule has 0 aromatic carbocycles. The van der Waals surface area contributed by atoms with E-state index in [-0.39, 0.29) is 25.0 Å². The van der Waals surface area contributed by atoms with Gasteiger partial charge >= 0.3 is 12.0 Å². The molecule has 6 heteroatoms. The molecule has 1 aliphatic carbocycles. The number of carboxylic acids is 1. The Morgan fingerprint density at radius 2 is 2.00 bits per heavy atom. The number of aliphatic hydroxyl groups is 1. The van der Waals surface area contributed by atoms with E-state index in [1.165, 1.54) is 4.90 Å². The number of nitrogens with zero attached hydrogens (tertiary/aromatic N) is 2. The van der Waals surface area contributed by atoms with Crippen molar-refractivity contribution in [1.82, 2.24) is 9.80 Å². The molecule has 2 atom stereocenters. The van der Waals surface area contributed by atoms with Gasteiger partial charge in [-0.15, -0.1) is 0 Å². The van der Waals surface area contributed by atoms with Crippen LogP contribution in [0.4, 0.5) is 4.79 Å². The molecule has 1 heterocycles. The summed E-state index contributed by atoms with van der Waals surface area (Å²) in [5, 5.41) is 18.7. The van der Waals surface area contributed by atoms with Gasteiger partial charge in [0.2, 0.25) is 0 Å². The predicted octanol–water partition coefficient (Wildman–Crippen LogP) is 0.747. The number of rotatable bonds is 4. The normalized spacial score (nSPS) is 26.8. The lowest BCUT2D eigenvalue weighted by atomic mass is 10.2. The number of aliphatic carboxylic acids is 1. The molecule has 2 aliphatic rings. The molecule has 108 valence electrons. The highest BCUT2D eigenvalue weighted by Crippen LogP contribution is 2.31. The van der Waals surface area contributed by atoms with Crippen molar-refractivity contribution in [2.24, 2.45) is 5.92 Å². The molecule has 1 saturated carbocycles. The number of urea groups is 1. The molecule has 2 N–H and O–H groups in total. The van der Waals surface area contributed by atoms with Crippen LogP contribution in [0, 0.1) is 5.92 Å². The van der Waals surface area contributed by atoms with E-state index in [9.17, 15) is 14.7 Å². The van der Waals surface area contributed by atoms with E-state index in [2.05, 4.69) is 0 Å². The predicted molar refractivity (Wildman–Crippen MR) is 68.7 cm³/mol. The molecular weight excluding hydrogens is 248 g/mol. The van der Waals surface area contributed by atoms with E-state index in [1.54, 1.807) is 4.90 Å². The van der Waals surface area contributed by atoms with E-state index < -0.39 is 18.1 Å². The second kappa shape index (κ2) is 5.36. The first-order valence-electron chi connectivity index (χ1n) is 6.88. The van der Waals surface area contributed by atoms with Crippen molar-refractivity contribution in [2.45, 2.75) is 51.3 Å². The minimum absolute atomic E-state index is 0.0419. The highest BCUT2D eigenvalue weighted by Gasteiger charge is 2.41. The molecule has 6 nitrogen and oxygen atoms in total. The number of carbonyl (C=O) groups is 2. The zero-order valence-electron chi connectivity index (χ0n) is 11.5. The molecule has 1 aliphatic heterocycles. The van der Waals surface area contributed by atoms with Gasteiger partial charge in [-0.25, -0.2) is 9.59 Å². The molecule has 0 aromatic rings. The van der Waals surface area contributed by atoms with E-state index in [1.807, 2.05) is 13.8 Å². The third-order valence-electron chi connectivity index (χ3n) is 3.83. The lowest BCUT2D eigenvalue weighted by Gasteiger charge is -2.33. The van der Waals surface area contributed by atoms with Crippen molar-refractivity contribution < 1.29 is 19.8 Å².